The molecule has 1 saturated carbocycles. The lowest BCUT2D eigenvalue weighted by molar-refractivity contribution is -0.141. The Morgan fingerprint density at radius 2 is 1.84 bits per heavy atom. The average molecular weight is 270 g/mol. The first-order valence-corrected chi connectivity index (χ1v) is 7.08. The summed E-state index contributed by atoms with van der Waals surface area (Å²) >= 11 is 0. The SMILES string of the molecule is CC(C)(C)C(NC(=O)NCCC1CCCC1)C(=O)O. The Hall–Kier alpha value is -1.26. The van der Waals surface area contributed by atoms with Crippen molar-refractivity contribution in [3.05, 3.63) is 0 Å². The maximum absolute atomic E-state index is 11.7. The molecule has 1 rings (SSSR count). The number of hydrogen-bond acceptors (Lipinski definition) is 2. The number of carbonyl (C=O) groups excluding carboxylic acids is 1. The number of aliphatic carboxylic acids is 1. The third-order valence-corrected chi connectivity index (χ3v) is 3.70. The van der Waals surface area contributed by atoms with Gasteiger partial charge in [-0.15, -0.1) is 0 Å². The zero-order chi connectivity index (χ0) is 14.5. The molecule has 5 heteroatoms. The number of amides is 2. The highest BCUT2D eigenvalue weighted by molar-refractivity contribution is 5.83. The van der Waals surface area contributed by atoms with Crippen LogP contribution in [0.15, 0.2) is 0 Å². The lowest BCUT2D eigenvalue weighted by Crippen LogP contribution is -2.52. The molecule has 0 heterocycles. The number of carboxylic acid groups (broad SMARTS) is 1. The third kappa shape index (κ3) is 5.49. The summed E-state index contributed by atoms with van der Waals surface area (Å²) in [5, 5.41) is 14.4. The Morgan fingerprint density at radius 1 is 1.26 bits per heavy atom. The van der Waals surface area contributed by atoms with E-state index >= 15 is 0 Å². The molecule has 1 aliphatic rings. The van der Waals surface area contributed by atoms with Crippen LogP contribution in [0.5, 0.6) is 0 Å². The van der Waals surface area contributed by atoms with Gasteiger partial charge < -0.3 is 15.7 Å². The van der Waals surface area contributed by atoms with E-state index < -0.39 is 17.4 Å². The summed E-state index contributed by atoms with van der Waals surface area (Å²) in [6.45, 7) is 6.01. The van der Waals surface area contributed by atoms with Crippen LogP contribution in [0.4, 0.5) is 4.79 Å². The summed E-state index contributed by atoms with van der Waals surface area (Å²) in [4.78, 5) is 22.8. The molecule has 0 aromatic carbocycles. The maximum atomic E-state index is 11.7. The molecule has 1 unspecified atom stereocenters. The lowest BCUT2D eigenvalue weighted by atomic mass is 9.87. The van der Waals surface area contributed by atoms with Crippen molar-refractivity contribution in [3.8, 4) is 0 Å². The number of carbonyl (C=O) groups is 2. The van der Waals surface area contributed by atoms with Crippen LogP contribution in [-0.2, 0) is 4.79 Å². The predicted octanol–water partition coefficient (Wildman–Crippen LogP) is 2.37. The predicted molar refractivity (Wildman–Crippen MR) is 74.0 cm³/mol. The highest BCUT2D eigenvalue weighted by atomic mass is 16.4. The van der Waals surface area contributed by atoms with Gasteiger partial charge in [-0.25, -0.2) is 9.59 Å². The van der Waals surface area contributed by atoms with Gasteiger partial charge in [-0.2, -0.15) is 0 Å². The maximum Gasteiger partial charge on any atom is 0.326 e. The van der Waals surface area contributed by atoms with Crippen molar-refractivity contribution in [2.45, 2.75) is 58.9 Å². The van der Waals surface area contributed by atoms with Crippen LogP contribution in [-0.4, -0.2) is 29.7 Å². The average Bonchev–Trinajstić information content (AvgIpc) is 2.77. The first kappa shape index (κ1) is 15.8. The number of carboxylic acids is 1. The van der Waals surface area contributed by atoms with Crippen LogP contribution in [0.25, 0.3) is 0 Å². The van der Waals surface area contributed by atoms with Gasteiger partial charge in [-0.1, -0.05) is 46.5 Å². The molecule has 0 saturated heterocycles. The van der Waals surface area contributed by atoms with Crippen molar-refractivity contribution in [1.29, 1.82) is 0 Å². The molecule has 0 aromatic heterocycles. The first-order chi connectivity index (χ1) is 8.80. The minimum absolute atomic E-state index is 0.389. The summed E-state index contributed by atoms with van der Waals surface area (Å²) in [6, 6.07) is -1.26. The Morgan fingerprint density at radius 3 is 2.32 bits per heavy atom. The van der Waals surface area contributed by atoms with Crippen molar-refractivity contribution in [2.75, 3.05) is 6.54 Å². The van der Waals surface area contributed by atoms with Gasteiger partial charge in [0.05, 0.1) is 0 Å². The Labute approximate surface area is 115 Å². The van der Waals surface area contributed by atoms with Crippen molar-refractivity contribution in [1.82, 2.24) is 10.6 Å². The fraction of sp³-hybridized carbons (Fsp3) is 0.857. The van der Waals surface area contributed by atoms with E-state index in [-0.39, 0.29) is 6.03 Å². The molecule has 1 aliphatic carbocycles. The van der Waals surface area contributed by atoms with Crippen LogP contribution in [0.3, 0.4) is 0 Å². The standard InChI is InChI=1S/C14H26N2O3/c1-14(2,3)11(12(17)18)16-13(19)15-9-8-10-6-4-5-7-10/h10-11H,4-9H2,1-3H3,(H,17,18)(H2,15,16,19). The van der Waals surface area contributed by atoms with E-state index in [1.165, 1.54) is 25.7 Å². The zero-order valence-corrected chi connectivity index (χ0v) is 12.2. The van der Waals surface area contributed by atoms with Crippen LogP contribution < -0.4 is 10.6 Å². The van der Waals surface area contributed by atoms with E-state index in [4.69, 9.17) is 5.11 Å². The molecule has 0 spiro atoms. The van der Waals surface area contributed by atoms with Crippen LogP contribution in [0.1, 0.15) is 52.9 Å². The van der Waals surface area contributed by atoms with Crippen molar-refractivity contribution in [3.63, 3.8) is 0 Å². The Bertz CT molecular complexity index is 317. The molecular formula is C14H26N2O3. The molecule has 19 heavy (non-hydrogen) atoms. The fourth-order valence-electron chi connectivity index (χ4n) is 2.52. The smallest absolute Gasteiger partial charge is 0.326 e. The molecule has 5 nitrogen and oxygen atoms in total. The second-order valence-corrected chi connectivity index (χ2v) is 6.48. The largest absolute Gasteiger partial charge is 0.480 e. The van der Waals surface area contributed by atoms with Gasteiger partial charge in [0.1, 0.15) is 6.04 Å². The lowest BCUT2D eigenvalue weighted by Gasteiger charge is -2.27. The van der Waals surface area contributed by atoms with Gasteiger partial charge >= 0.3 is 12.0 Å². The molecule has 3 N–H and O–H groups in total. The van der Waals surface area contributed by atoms with Crippen molar-refractivity contribution < 1.29 is 14.7 Å². The zero-order valence-electron chi connectivity index (χ0n) is 12.2. The quantitative estimate of drug-likeness (QED) is 0.717. The van der Waals surface area contributed by atoms with Crippen LogP contribution >= 0.6 is 0 Å². The molecule has 0 radical (unpaired) electrons. The van der Waals surface area contributed by atoms with Gasteiger partial charge in [0.15, 0.2) is 0 Å². The van der Waals surface area contributed by atoms with E-state index in [0.717, 1.165) is 12.3 Å². The van der Waals surface area contributed by atoms with Gasteiger partial charge in [-0.3, -0.25) is 0 Å². The van der Waals surface area contributed by atoms with Crippen molar-refractivity contribution in [2.24, 2.45) is 11.3 Å². The number of rotatable bonds is 5. The Kier molecular flexibility index (Phi) is 5.63. The minimum atomic E-state index is -1.00. The Balaban J connectivity index is 2.30. The van der Waals surface area contributed by atoms with Gasteiger partial charge in [0, 0.05) is 6.54 Å². The molecule has 1 atom stereocenters. The molecule has 0 aliphatic heterocycles. The summed E-state index contributed by atoms with van der Waals surface area (Å²) in [5.41, 5.74) is -0.505. The normalized spacial score (nSPS) is 18.1. The highest BCUT2D eigenvalue weighted by Crippen LogP contribution is 2.26. The van der Waals surface area contributed by atoms with Crippen LogP contribution in [0, 0.1) is 11.3 Å². The molecule has 110 valence electrons. The van der Waals surface area contributed by atoms with Gasteiger partial charge in [0.25, 0.3) is 0 Å². The van der Waals surface area contributed by atoms with Gasteiger partial charge in [-0.05, 0) is 17.8 Å². The summed E-state index contributed by atoms with van der Waals surface area (Å²) in [7, 11) is 0. The second kappa shape index (κ2) is 6.78. The third-order valence-electron chi connectivity index (χ3n) is 3.70. The highest BCUT2D eigenvalue weighted by Gasteiger charge is 2.32. The summed E-state index contributed by atoms with van der Waals surface area (Å²) in [5.74, 6) is -0.281. The summed E-state index contributed by atoms with van der Waals surface area (Å²) < 4.78 is 0. The first-order valence-electron chi connectivity index (χ1n) is 7.08. The molecular weight excluding hydrogens is 244 g/mol. The molecule has 1 fully saturated rings. The molecule has 0 bridgehead atoms. The summed E-state index contributed by atoms with van der Waals surface area (Å²) in [6.07, 6.45) is 6.08. The van der Waals surface area contributed by atoms with E-state index in [9.17, 15) is 9.59 Å². The monoisotopic (exact) mass is 270 g/mol. The van der Waals surface area contributed by atoms with Crippen molar-refractivity contribution >= 4 is 12.0 Å². The van der Waals surface area contributed by atoms with E-state index in [2.05, 4.69) is 10.6 Å². The number of urea groups is 1. The van der Waals surface area contributed by atoms with Crippen LogP contribution in [0.2, 0.25) is 0 Å². The minimum Gasteiger partial charge on any atom is -0.480 e. The molecule has 2 amide bonds. The molecule has 0 aromatic rings. The van der Waals surface area contributed by atoms with E-state index in [1.807, 2.05) is 0 Å². The fourth-order valence-corrected chi connectivity index (χ4v) is 2.52. The number of nitrogens with one attached hydrogen (secondary N) is 2. The number of hydrogen-bond donors (Lipinski definition) is 3. The second-order valence-electron chi connectivity index (χ2n) is 6.48. The van der Waals surface area contributed by atoms with E-state index in [0.29, 0.717) is 6.54 Å². The van der Waals surface area contributed by atoms with Gasteiger partial charge in [0.2, 0.25) is 0 Å². The van der Waals surface area contributed by atoms with E-state index in [1.54, 1.807) is 20.8 Å². The topological polar surface area (TPSA) is 78.4 Å².